The van der Waals surface area contributed by atoms with Crippen molar-refractivity contribution in [2.24, 2.45) is 0 Å². The first-order valence-electron chi connectivity index (χ1n) is 4.90. The van der Waals surface area contributed by atoms with Gasteiger partial charge in [0.2, 0.25) is 0 Å². The van der Waals surface area contributed by atoms with Crippen LogP contribution >= 0.6 is 0 Å². The van der Waals surface area contributed by atoms with E-state index >= 15 is 0 Å². The summed E-state index contributed by atoms with van der Waals surface area (Å²) in [5.41, 5.74) is 1.96. The van der Waals surface area contributed by atoms with Gasteiger partial charge in [-0.2, -0.15) is 0 Å². The molecule has 74 valence electrons. The predicted molar refractivity (Wildman–Crippen MR) is 60.0 cm³/mol. The van der Waals surface area contributed by atoms with Gasteiger partial charge in [0.05, 0.1) is 0 Å². The first-order valence-corrected chi connectivity index (χ1v) is 4.90. The molecule has 2 heteroatoms. The third-order valence-corrected chi connectivity index (χ3v) is 2.87. The van der Waals surface area contributed by atoms with Crippen molar-refractivity contribution in [2.75, 3.05) is 0 Å². The summed E-state index contributed by atoms with van der Waals surface area (Å²) in [4.78, 5) is 0. The quantitative estimate of drug-likeness (QED) is 0.683. The molecule has 0 amide bonds. The lowest BCUT2D eigenvalue weighted by Gasteiger charge is -2.14. The smallest absolute Gasteiger partial charge is 0.127 e. The summed E-state index contributed by atoms with van der Waals surface area (Å²) in [6.45, 7) is 0. The Kier molecular flexibility index (Phi) is 1.54. The van der Waals surface area contributed by atoms with Gasteiger partial charge in [-0.1, -0.05) is 30.4 Å². The summed E-state index contributed by atoms with van der Waals surface area (Å²) in [6.07, 6.45) is 4.78. The molecule has 0 heterocycles. The summed E-state index contributed by atoms with van der Waals surface area (Å²) in [5, 5.41) is 21.3. The van der Waals surface area contributed by atoms with Crippen LogP contribution in [0.2, 0.25) is 0 Å². The fourth-order valence-electron chi connectivity index (χ4n) is 2.19. The molecule has 0 saturated heterocycles. The summed E-state index contributed by atoms with van der Waals surface area (Å²) >= 11 is 0. The zero-order chi connectivity index (χ0) is 10.4. The van der Waals surface area contributed by atoms with E-state index in [0.717, 1.165) is 28.3 Å². The van der Waals surface area contributed by atoms with Crippen LogP contribution in [0.15, 0.2) is 30.3 Å². The van der Waals surface area contributed by atoms with Crippen LogP contribution in [0.1, 0.15) is 11.1 Å². The fourth-order valence-corrected chi connectivity index (χ4v) is 2.19. The van der Waals surface area contributed by atoms with Crippen molar-refractivity contribution in [3.8, 4) is 11.5 Å². The standard InChI is InChI=1S/C13H10O2/c14-11-7-12(15)10-6-2-4-8-3-1-5-9(11)13(8)10/h1-3,5-7,14-15H,4H2. The molecule has 2 nitrogen and oxygen atoms in total. The molecule has 1 aliphatic rings. The van der Waals surface area contributed by atoms with Crippen molar-refractivity contribution in [2.45, 2.75) is 6.42 Å². The average molecular weight is 198 g/mol. The summed E-state index contributed by atoms with van der Waals surface area (Å²) in [6, 6.07) is 7.22. The Balaban J connectivity index is 2.59. The maximum atomic E-state index is 9.74. The van der Waals surface area contributed by atoms with Gasteiger partial charge in [-0.3, -0.25) is 0 Å². The Morgan fingerprint density at radius 2 is 1.93 bits per heavy atom. The van der Waals surface area contributed by atoms with Crippen LogP contribution in [0.25, 0.3) is 16.8 Å². The summed E-state index contributed by atoms with van der Waals surface area (Å²) < 4.78 is 0. The Labute approximate surface area is 87.1 Å². The minimum absolute atomic E-state index is 0.142. The molecule has 1 aliphatic carbocycles. The van der Waals surface area contributed by atoms with E-state index < -0.39 is 0 Å². The highest BCUT2D eigenvalue weighted by Gasteiger charge is 2.14. The van der Waals surface area contributed by atoms with Crippen molar-refractivity contribution >= 4 is 16.8 Å². The molecule has 0 saturated carbocycles. The zero-order valence-corrected chi connectivity index (χ0v) is 8.07. The highest BCUT2D eigenvalue weighted by molar-refractivity contribution is 6.00. The molecule has 0 spiro atoms. The van der Waals surface area contributed by atoms with Crippen LogP contribution in [0.4, 0.5) is 0 Å². The Bertz CT molecular complexity index is 583. The molecule has 0 atom stereocenters. The van der Waals surface area contributed by atoms with Gasteiger partial charge in [0.25, 0.3) is 0 Å². The molecule has 0 bridgehead atoms. The van der Waals surface area contributed by atoms with Gasteiger partial charge in [0.1, 0.15) is 11.5 Å². The van der Waals surface area contributed by atoms with Crippen LogP contribution in [0, 0.1) is 0 Å². The van der Waals surface area contributed by atoms with Crippen LogP contribution in [-0.4, -0.2) is 10.2 Å². The molecular formula is C13H10O2. The highest BCUT2D eigenvalue weighted by Crippen LogP contribution is 2.39. The van der Waals surface area contributed by atoms with Crippen molar-refractivity contribution in [1.29, 1.82) is 0 Å². The fraction of sp³-hybridized carbons (Fsp3) is 0.0769. The van der Waals surface area contributed by atoms with Gasteiger partial charge in [-0.15, -0.1) is 0 Å². The lowest BCUT2D eigenvalue weighted by molar-refractivity contribution is 0.454. The number of rotatable bonds is 0. The molecule has 2 N–H and O–H groups in total. The summed E-state index contributed by atoms with van der Waals surface area (Å²) in [5.74, 6) is 0.284. The minimum atomic E-state index is 0.142. The van der Waals surface area contributed by atoms with Crippen LogP contribution in [0.5, 0.6) is 11.5 Å². The Morgan fingerprint density at radius 3 is 2.80 bits per heavy atom. The van der Waals surface area contributed by atoms with E-state index in [4.69, 9.17) is 0 Å². The van der Waals surface area contributed by atoms with E-state index in [2.05, 4.69) is 0 Å². The van der Waals surface area contributed by atoms with Crippen molar-refractivity contribution in [3.63, 3.8) is 0 Å². The maximum absolute atomic E-state index is 9.74. The SMILES string of the molecule is Oc1cc(O)c2cccc3c2c1C=CC3. The first kappa shape index (κ1) is 8.36. The third kappa shape index (κ3) is 1.05. The van der Waals surface area contributed by atoms with Crippen LogP contribution in [0.3, 0.4) is 0 Å². The minimum Gasteiger partial charge on any atom is -0.507 e. The molecule has 0 aromatic heterocycles. The predicted octanol–water partition coefficient (Wildman–Crippen LogP) is 2.82. The number of benzene rings is 2. The largest absolute Gasteiger partial charge is 0.507 e. The van der Waals surface area contributed by atoms with Gasteiger partial charge in [-0.25, -0.2) is 0 Å². The van der Waals surface area contributed by atoms with Crippen molar-refractivity contribution in [3.05, 3.63) is 41.5 Å². The number of hydrogen-bond donors (Lipinski definition) is 2. The molecule has 2 aromatic carbocycles. The van der Waals surface area contributed by atoms with E-state index in [1.54, 1.807) is 0 Å². The third-order valence-electron chi connectivity index (χ3n) is 2.87. The second-order valence-corrected chi connectivity index (χ2v) is 3.77. The lowest BCUT2D eigenvalue weighted by Crippen LogP contribution is -1.93. The van der Waals surface area contributed by atoms with Gasteiger partial charge in [-0.05, 0) is 17.4 Å². The Hall–Kier alpha value is -1.96. The van der Waals surface area contributed by atoms with Gasteiger partial charge >= 0.3 is 0 Å². The highest BCUT2D eigenvalue weighted by atomic mass is 16.3. The van der Waals surface area contributed by atoms with Gasteiger partial charge in [0.15, 0.2) is 0 Å². The summed E-state index contributed by atoms with van der Waals surface area (Å²) in [7, 11) is 0. The van der Waals surface area contributed by atoms with E-state index in [-0.39, 0.29) is 11.5 Å². The lowest BCUT2D eigenvalue weighted by atomic mass is 9.92. The van der Waals surface area contributed by atoms with Crippen molar-refractivity contribution < 1.29 is 10.2 Å². The molecule has 15 heavy (non-hydrogen) atoms. The molecule has 3 rings (SSSR count). The van der Waals surface area contributed by atoms with Gasteiger partial charge in [0, 0.05) is 17.0 Å². The molecule has 0 aliphatic heterocycles. The van der Waals surface area contributed by atoms with Crippen molar-refractivity contribution in [1.82, 2.24) is 0 Å². The van der Waals surface area contributed by atoms with E-state index in [1.807, 2.05) is 30.4 Å². The normalized spacial score (nSPS) is 13.3. The zero-order valence-electron chi connectivity index (χ0n) is 8.07. The molecular weight excluding hydrogens is 188 g/mol. The van der Waals surface area contributed by atoms with Crippen LogP contribution in [-0.2, 0) is 6.42 Å². The molecule has 0 unspecified atom stereocenters. The molecule has 0 radical (unpaired) electrons. The van der Waals surface area contributed by atoms with Crippen LogP contribution < -0.4 is 0 Å². The first-order chi connectivity index (χ1) is 7.27. The number of hydrogen-bond acceptors (Lipinski definition) is 2. The Morgan fingerprint density at radius 1 is 1.07 bits per heavy atom. The van der Waals surface area contributed by atoms with E-state index in [1.165, 1.54) is 6.07 Å². The number of allylic oxidation sites excluding steroid dienone is 1. The topological polar surface area (TPSA) is 40.5 Å². The van der Waals surface area contributed by atoms with E-state index in [9.17, 15) is 10.2 Å². The monoisotopic (exact) mass is 198 g/mol. The average Bonchev–Trinajstić information content (AvgIpc) is 2.25. The number of phenols is 2. The second-order valence-electron chi connectivity index (χ2n) is 3.77. The number of aromatic hydroxyl groups is 2. The van der Waals surface area contributed by atoms with E-state index in [0.29, 0.717) is 0 Å². The van der Waals surface area contributed by atoms with Gasteiger partial charge < -0.3 is 10.2 Å². The molecule has 2 aromatic rings. The second kappa shape index (κ2) is 2.76. The maximum Gasteiger partial charge on any atom is 0.127 e. The molecule has 0 fully saturated rings. The number of phenolic OH excluding ortho intramolecular Hbond substituents is 2.